The van der Waals surface area contributed by atoms with E-state index in [4.69, 9.17) is 31.3 Å². The summed E-state index contributed by atoms with van der Waals surface area (Å²) in [5, 5.41) is 9.43. The first-order chi connectivity index (χ1) is 30.8. The van der Waals surface area contributed by atoms with Gasteiger partial charge in [-0.25, -0.2) is 0 Å². The van der Waals surface area contributed by atoms with Crippen LogP contribution in [-0.4, -0.2) is 108 Å². The van der Waals surface area contributed by atoms with E-state index >= 15 is 0 Å². The molecule has 0 aliphatic heterocycles. The van der Waals surface area contributed by atoms with Crippen LogP contribution in [0.4, 0.5) is 0 Å². The van der Waals surface area contributed by atoms with E-state index in [1.54, 1.807) is 0 Å². The monoisotopic (exact) mass is 1020 g/mol. The molecule has 0 fully saturated rings. The summed E-state index contributed by atoms with van der Waals surface area (Å²) >= 11 is 0. The Morgan fingerprint density at radius 3 is 0.662 bits per heavy atom. The zero-order valence-electron chi connectivity index (χ0n) is 46.3. The van der Waals surface area contributed by atoms with Crippen molar-refractivity contribution < 1.29 is 40.9 Å². The first-order valence-corrected chi connectivity index (χ1v) is 41.8. The van der Waals surface area contributed by atoms with Gasteiger partial charge in [0.15, 0.2) is 55.7 Å². The predicted octanol–water partition coefficient (Wildman–Crippen LogP) is 14.7. The zero-order chi connectivity index (χ0) is 50.5. The van der Waals surface area contributed by atoms with Crippen LogP contribution in [0.25, 0.3) is 0 Å². The van der Waals surface area contributed by atoms with Crippen molar-refractivity contribution in [1.29, 1.82) is 5.26 Å². The third-order valence-electron chi connectivity index (χ3n) is 17.0. The van der Waals surface area contributed by atoms with Crippen molar-refractivity contribution >= 4 is 61.7 Å². The number of nitriles is 1. The van der Waals surface area contributed by atoms with Gasteiger partial charge in [-0.15, -0.1) is 0 Å². The number of ketones is 1. The van der Waals surface area contributed by atoms with Crippen molar-refractivity contribution in [2.24, 2.45) is 10.8 Å². The summed E-state index contributed by atoms with van der Waals surface area (Å²) in [6.07, 6.45) is -0.118. The standard InChI is InChI=1S/C25H53NO4Si3.C24H54O5Si3/c1-10-31(11-2,12-3)28-21-25(24(27)19-20-26,22-29-32(13-4,14-5)15-6)23-30-33(16-7,17-8)18-9;1-11-30(12-2,13-3)27-20-24(23(25)26-10,21-28-31(14-4,15-5)16-6)22-29-32(17-7,18-8)19-9/h10-19,21-23H2,1-9H3;11-22H2,1-10H3. The number of esters is 1. The first-order valence-electron chi connectivity index (χ1n) is 26.6. The van der Waals surface area contributed by atoms with E-state index in [2.05, 4.69) is 131 Å². The van der Waals surface area contributed by atoms with Crippen LogP contribution in [0.3, 0.4) is 0 Å². The fourth-order valence-corrected chi connectivity index (χ4v) is 25.4. The highest BCUT2D eigenvalue weighted by molar-refractivity contribution is 6.75. The molecule has 0 amide bonds. The van der Waals surface area contributed by atoms with Crippen LogP contribution in [0.2, 0.25) is 109 Å². The molecular formula is C49H107NO9Si6. The zero-order valence-corrected chi connectivity index (χ0v) is 52.3. The number of ether oxygens (including phenoxy) is 1. The minimum absolute atomic E-state index is 0.0753. The van der Waals surface area contributed by atoms with E-state index < -0.39 is 60.7 Å². The Balaban J connectivity index is 0. The number of hydrogen-bond donors (Lipinski definition) is 0. The number of rotatable bonds is 39. The predicted molar refractivity (Wildman–Crippen MR) is 291 cm³/mol. The van der Waals surface area contributed by atoms with Crippen molar-refractivity contribution in [3.05, 3.63) is 0 Å². The second kappa shape index (κ2) is 33.3. The molecule has 386 valence electrons. The highest BCUT2D eigenvalue weighted by Gasteiger charge is 2.48. The van der Waals surface area contributed by atoms with Crippen LogP contribution >= 0.6 is 0 Å². The largest absolute Gasteiger partial charge is 0.468 e. The molecule has 0 aliphatic rings. The van der Waals surface area contributed by atoms with Gasteiger partial charge in [0, 0.05) is 0 Å². The molecule has 65 heavy (non-hydrogen) atoms. The molecule has 16 heteroatoms. The van der Waals surface area contributed by atoms with Gasteiger partial charge < -0.3 is 31.3 Å². The lowest BCUT2D eigenvalue weighted by Gasteiger charge is -2.41. The summed E-state index contributed by atoms with van der Waals surface area (Å²) in [7, 11) is -9.92. The summed E-state index contributed by atoms with van der Waals surface area (Å²) in [5.74, 6) is -0.324. The maximum absolute atomic E-state index is 13.6. The van der Waals surface area contributed by atoms with Gasteiger partial charge in [0.05, 0.1) is 64.7 Å². The molecule has 0 rings (SSSR count). The Bertz CT molecular complexity index is 1140. The third kappa shape index (κ3) is 19.1. The van der Waals surface area contributed by atoms with Gasteiger partial charge in [0.1, 0.15) is 5.41 Å². The minimum atomic E-state index is -1.92. The average Bonchev–Trinajstić information content (AvgIpc) is 3.36. The molecule has 0 saturated heterocycles. The maximum atomic E-state index is 13.6. The SMILES string of the molecule is CC[Si](CC)(CC)OCC(CO[Si](CC)(CC)CC)(CO[Si](CC)(CC)CC)C(=O)CC#N.CC[Si](CC)(CC)OCC(CO[Si](CC)(CC)CC)(CO[Si](CC)(CC)CC)C(=O)OC. The molecule has 0 aromatic rings. The van der Waals surface area contributed by atoms with Gasteiger partial charge in [0.25, 0.3) is 0 Å². The fourth-order valence-electron chi connectivity index (χ4n) is 9.23. The summed E-state index contributed by atoms with van der Waals surface area (Å²) in [4.78, 5) is 27.0. The van der Waals surface area contributed by atoms with Crippen LogP contribution in [-0.2, 0) is 40.9 Å². The lowest BCUT2D eigenvalue weighted by atomic mass is 9.85. The number of methoxy groups -OCH3 is 1. The van der Waals surface area contributed by atoms with Gasteiger partial charge in [0.2, 0.25) is 0 Å². The van der Waals surface area contributed by atoms with Gasteiger partial charge in [-0.2, -0.15) is 5.26 Å². The Hall–Kier alpha value is -0.309. The summed E-state index contributed by atoms with van der Waals surface area (Å²) in [5.41, 5.74) is -1.80. The van der Waals surface area contributed by atoms with Crippen LogP contribution in [0, 0.1) is 22.2 Å². The highest BCUT2D eigenvalue weighted by Crippen LogP contribution is 2.36. The Morgan fingerprint density at radius 2 is 0.523 bits per heavy atom. The number of Topliss-reactive ketones (excluding diaryl/α,β-unsaturated/α-hetero) is 1. The minimum Gasteiger partial charge on any atom is -0.468 e. The first kappa shape index (κ1) is 66.8. The topological polar surface area (TPSA) is 123 Å². The number of nitrogens with zero attached hydrogens (tertiary/aromatic N) is 1. The van der Waals surface area contributed by atoms with E-state index in [9.17, 15) is 14.9 Å². The number of carbonyl (C=O) groups is 2. The van der Waals surface area contributed by atoms with Crippen molar-refractivity contribution in [1.82, 2.24) is 0 Å². The Kier molecular flexibility index (Phi) is 34.2. The smallest absolute Gasteiger partial charge is 0.318 e. The van der Waals surface area contributed by atoms with Crippen molar-refractivity contribution in [3.63, 3.8) is 0 Å². The van der Waals surface area contributed by atoms with Gasteiger partial charge in [-0.1, -0.05) is 125 Å². The molecule has 0 heterocycles. The van der Waals surface area contributed by atoms with Gasteiger partial charge >= 0.3 is 5.97 Å². The van der Waals surface area contributed by atoms with E-state index in [1.807, 2.05) is 0 Å². The molecule has 0 aromatic heterocycles. The van der Waals surface area contributed by atoms with Crippen LogP contribution in [0.1, 0.15) is 131 Å². The molecule has 0 radical (unpaired) electrons. The van der Waals surface area contributed by atoms with E-state index in [-0.39, 0.29) is 18.2 Å². The Morgan fingerprint density at radius 1 is 0.354 bits per heavy atom. The van der Waals surface area contributed by atoms with Crippen LogP contribution in [0.15, 0.2) is 0 Å². The normalized spacial score (nSPS) is 13.3. The molecule has 0 unspecified atom stereocenters. The molecule has 0 aliphatic carbocycles. The molecule has 0 aromatic carbocycles. The fraction of sp³-hybridized carbons (Fsp3) is 0.939. The summed E-state index contributed by atoms with van der Waals surface area (Å²) < 4.78 is 45.7. The number of carbonyl (C=O) groups excluding carboxylic acids is 2. The third-order valence-corrected chi connectivity index (χ3v) is 44.7. The van der Waals surface area contributed by atoms with Crippen molar-refractivity contribution in [3.8, 4) is 6.07 Å². The van der Waals surface area contributed by atoms with E-state index in [0.717, 1.165) is 109 Å². The van der Waals surface area contributed by atoms with E-state index in [0.29, 0.717) is 39.6 Å². The molecule has 0 bridgehead atoms. The summed E-state index contributed by atoms with van der Waals surface area (Å²) in [6, 6.07) is 20.8. The molecule has 0 saturated carbocycles. The maximum Gasteiger partial charge on any atom is 0.318 e. The van der Waals surface area contributed by atoms with E-state index in [1.165, 1.54) is 7.11 Å². The molecule has 0 atom stereocenters. The van der Waals surface area contributed by atoms with Crippen LogP contribution in [0.5, 0.6) is 0 Å². The number of hydrogen-bond acceptors (Lipinski definition) is 10. The molecule has 0 N–H and O–H groups in total. The highest BCUT2D eigenvalue weighted by atomic mass is 28.4. The van der Waals surface area contributed by atoms with Crippen LogP contribution < -0.4 is 0 Å². The second-order valence-corrected chi connectivity index (χ2v) is 47.7. The van der Waals surface area contributed by atoms with Crippen molar-refractivity contribution in [2.75, 3.05) is 46.8 Å². The molecular weight excluding hydrogens is 915 g/mol. The molecule has 10 nitrogen and oxygen atoms in total. The molecule has 0 spiro atoms. The van der Waals surface area contributed by atoms with Gasteiger partial charge in [-0.3, -0.25) is 9.59 Å². The average molecular weight is 1020 g/mol. The summed E-state index contributed by atoms with van der Waals surface area (Å²) in [6.45, 7) is 41.8. The quantitative estimate of drug-likeness (QED) is 0.0434. The van der Waals surface area contributed by atoms with Crippen molar-refractivity contribution in [2.45, 2.75) is 240 Å². The van der Waals surface area contributed by atoms with Gasteiger partial charge in [-0.05, 0) is 109 Å². The second-order valence-electron chi connectivity index (χ2n) is 19.0. The lowest BCUT2D eigenvalue weighted by Crippen LogP contribution is -2.53. The lowest BCUT2D eigenvalue weighted by molar-refractivity contribution is -0.160. The Labute approximate surface area is 409 Å².